The highest BCUT2D eigenvalue weighted by Gasteiger charge is 2.37. The maximum atomic E-state index is 13.4. The van der Waals surface area contributed by atoms with Gasteiger partial charge in [-0.2, -0.15) is 12.6 Å². The second kappa shape index (κ2) is 4.67. The number of fused-ring (bicyclic) bond motifs is 1. The Morgan fingerprint density at radius 2 is 1.65 bits per heavy atom. The Balaban J connectivity index is 2.56. The van der Waals surface area contributed by atoms with Gasteiger partial charge in [-0.3, -0.25) is 0 Å². The summed E-state index contributed by atoms with van der Waals surface area (Å²) in [6.07, 6.45) is -5.37. The first kappa shape index (κ1) is 14.7. The molecule has 0 amide bonds. The predicted octanol–water partition coefficient (Wildman–Crippen LogP) is 3.34. The minimum absolute atomic E-state index is 0.0734. The van der Waals surface area contributed by atoms with E-state index in [0.29, 0.717) is 6.07 Å². The summed E-state index contributed by atoms with van der Waals surface area (Å²) in [6.45, 7) is 0. The van der Waals surface area contributed by atoms with Crippen molar-refractivity contribution in [2.75, 3.05) is 0 Å². The first-order chi connectivity index (χ1) is 9.10. The van der Waals surface area contributed by atoms with Crippen LogP contribution < -0.4 is 0 Å². The quantitative estimate of drug-likeness (QED) is 0.631. The van der Waals surface area contributed by atoms with Crippen LogP contribution >= 0.6 is 0 Å². The van der Waals surface area contributed by atoms with Crippen molar-refractivity contribution >= 4 is 20.9 Å². The lowest BCUT2D eigenvalue weighted by atomic mass is 10.1. The SMILES string of the molecule is O=S(=O)(OC(F)(F)F)c1ccc2c(F)c(F)ccc2c1. The van der Waals surface area contributed by atoms with Crippen molar-refractivity contribution in [3.8, 4) is 0 Å². The lowest BCUT2D eigenvalue weighted by Gasteiger charge is -2.09. The summed E-state index contributed by atoms with van der Waals surface area (Å²) < 4.78 is 87.9. The molecule has 0 atom stereocenters. The van der Waals surface area contributed by atoms with E-state index in [1.807, 2.05) is 0 Å². The Morgan fingerprint density at radius 1 is 1.00 bits per heavy atom. The molecule has 0 bridgehead atoms. The molecule has 0 aliphatic heterocycles. The van der Waals surface area contributed by atoms with Crippen LogP contribution in [-0.4, -0.2) is 14.8 Å². The van der Waals surface area contributed by atoms with Gasteiger partial charge in [0.2, 0.25) is 0 Å². The number of rotatable bonds is 2. The molecule has 0 spiro atoms. The molecule has 108 valence electrons. The van der Waals surface area contributed by atoms with Crippen molar-refractivity contribution in [2.45, 2.75) is 11.3 Å². The average molecular weight is 312 g/mol. The lowest BCUT2D eigenvalue weighted by Crippen LogP contribution is -2.19. The van der Waals surface area contributed by atoms with Crippen LogP contribution in [0.4, 0.5) is 22.0 Å². The van der Waals surface area contributed by atoms with Gasteiger partial charge in [-0.05, 0) is 29.7 Å². The summed E-state index contributed by atoms with van der Waals surface area (Å²) >= 11 is 0. The van der Waals surface area contributed by atoms with Crippen LogP contribution in [0, 0.1) is 11.6 Å². The smallest absolute Gasteiger partial charge is 0.204 e. The van der Waals surface area contributed by atoms with Gasteiger partial charge in [0.1, 0.15) is 0 Å². The third kappa shape index (κ3) is 2.88. The van der Waals surface area contributed by atoms with Crippen molar-refractivity contribution < 1.29 is 34.6 Å². The van der Waals surface area contributed by atoms with E-state index in [0.717, 1.165) is 24.3 Å². The normalized spacial score (nSPS) is 12.8. The largest absolute Gasteiger partial charge is 0.537 e. The molecular weight excluding hydrogens is 307 g/mol. The van der Waals surface area contributed by atoms with E-state index >= 15 is 0 Å². The van der Waals surface area contributed by atoms with E-state index in [2.05, 4.69) is 4.18 Å². The fraction of sp³-hybridized carbons (Fsp3) is 0.0909. The van der Waals surface area contributed by atoms with Gasteiger partial charge >= 0.3 is 16.5 Å². The minimum Gasteiger partial charge on any atom is -0.204 e. The number of benzene rings is 2. The Hall–Kier alpha value is -1.74. The van der Waals surface area contributed by atoms with Crippen molar-refractivity contribution in [2.24, 2.45) is 0 Å². The van der Waals surface area contributed by atoms with Gasteiger partial charge in [0, 0.05) is 5.39 Å². The summed E-state index contributed by atoms with van der Waals surface area (Å²) in [7, 11) is -5.07. The summed E-state index contributed by atoms with van der Waals surface area (Å²) in [5.74, 6) is -2.37. The van der Waals surface area contributed by atoms with Gasteiger partial charge < -0.3 is 0 Å². The van der Waals surface area contributed by atoms with Crippen LogP contribution in [0.15, 0.2) is 35.2 Å². The number of hydrogen-bond donors (Lipinski definition) is 0. The average Bonchev–Trinajstić information content (AvgIpc) is 2.30. The maximum absolute atomic E-state index is 13.4. The molecule has 0 aliphatic rings. The third-order valence-corrected chi connectivity index (χ3v) is 3.61. The zero-order valence-electron chi connectivity index (χ0n) is 9.41. The molecule has 0 saturated carbocycles. The molecule has 0 aromatic heterocycles. The zero-order valence-corrected chi connectivity index (χ0v) is 10.2. The van der Waals surface area contributed by atoms with Crippen molar-refractivity contribution in [1.82, 2.24) is 0 Å². The van der Waals surface area contributed by atoms with Crippen LogP contribution in [0.2, 0.25) is 0 Å². The topological polar surface area (TPSA) is 43.4 Å². The van der Waals surface area contributed by atoms with Crippen LogP contribution in [0.3, 0.4) is 0 Å². The molecule has 0 unspecified atom stereocenters. The van der Waals surface area contributed by atoms with Crippen LogP contribution in [-0.2, 0) is 14.3 Å². The summed E-state index contributed by atoms with van der Waals surface area (Å²) in [5.41, 5.74) is 0. The second-order valence-corrected chi connectivity index (χ2v) is 5.27. The van der Waals surface area contributed by atoms with Gasteiger partial charge in [0.15, 0.2) is 11.6 Å². The fourth-order valence-electron chi connectivity index (χ4n) is 1.57. The molecule has 20 heavy (non-hydrogen) atoms. The molecule has 0 fully saturated rings. The highest BCUT2D eigenvalue weighted by molar-refractivity contribution is 7.86. The first-order valence-electron chi connectivity index (χ1n) is 5.00. The van der Waals surface area contributed by atoms with Crippen molar-refractivity contribution in [3.05, 3.63) is 42.0 Å². The van der Waals surface area contributed by atoms with E-state index in [1.165, 1.54) is 0 Å². The van der Waals surface area contributed by atoms with Gasteiger partial charge in [-0.1, -0.05) is 6.07 Å². The third-order valence-electron chi connectivity index (χ3n) is 2.37. The van der Waals surface area contributed by atoms with E-state index in [-0.39, 0.29) is 10.8 Å². The highest BCUT2D eigenvalue weighted by Crippen LogP contribution is 2.28. The van der Waals surface area contributed by atoms with E-state index in [1.54, 1.807) is 0 Å². The van der Waals surface area contributed by atoms with Gasteiger partial charge in [0.25, 0.3) is 0 Å². The predicted molar refractivity (Wildman–Crippen MR) is 58.2 cm³/mol. The Morgan fingerprint density at radius 3 is 2.25 bits per heavy atom. The molecule has 3 nitrogen and oxygen atoms in total. The molecule has 0 aliphatic carbocycles. The second-order valence-electron chi connectivity index (χ2n) is 3.73. The summed E-state index contributed by atoms with van der Waals surface area (Å²) in [4.78, 5) is -0.812. The maximum Gasteiger partial charge on any atom is 0.537 e. The Labute approximate surface area is 109 Å². The molecule has 2 rings (SSSR count). The van der Waals surface area contributed by atoms with Crippen LogP contribution in [0.5, 0.6) is 0 Å². The van der Waals surface area contributed by atoms with Crippen LogP contribution in [0.25, 0.3) is 10.8 Å². The Bertz CT molecular complexity index is 767. The van der Waals surface area contributed by atoms with Gasteiger partial charge in [0.05, 0.1) is 4.90 Å². The molecule has 0 radical (unpaired) electrons. The number of hydrogen-bond acceptors (Lipinski definition) is 3. The lowest BCUT2D eigenvalue weighted by molar-refractivity contribution is -0.271. The van der Waals surface area contributed by atoms with E-state index < -0.39 is 33.0 Å². The van der Waals surface area contributed by atoms with Crippen molar-refractivity contribution in [3.63, 3.8) is 0 Å². The van der Waals surface area contributed by atoms with E-state index in [9.17, 15) is 30.4 Å². The zero-order chi connectivity index (χ0) is 15.1. The van der Waals surface area contributed by atoms with Crippen molar-refractivity contribution in [1.29, 1.82) is 0 Å². The highest BCUT2D eigenvalue weighted by atomic mass is 32.2. The first-order valence-corrected chi connectivity index (χ1v) is 6.41. The molecule has 0 saturated heterocycles. The minimum atomic E-state index is -5.37. The van der Waals surface area contributed by atoms with Crippen LogP contribution in [0.1, 0.15) is 0 Å². The molecule has 2 aromatic rings. The molecule has 2 aromatic carbocycles. The molecule has 0 N–H and O–H groups in total. The Kier molecular flexibility index (Phi) is 3.42. The van der Waals surface area contributed by atoms with Gasteiger partial charge in [-0.15, -0.1) is 13.2 Å². The van der Waals surface area contributed by atoms with Gasteiger partial charge in [-0.25, -0.2) is 8.78 Å². The number of alkyl halides is 3. The molecule has 0 heterocycles. The summed E-state index contributed by atoms with van der Waals surface area (Å²) in [5, 5.41) is -0.327. The number of halogens is 5. The monoisotopic (exact) mass is 312 g/mol. The fourth-order valence-corrected chi connectivity index (χ4v) is 2.42. The molecule has 9 heteroatoms. The molecular formula is C11H5F5O3S. The summed E-state index contributed by atoms with van der Waals surface area (Å²) in [6, 6.07) is 4.10. The standard InChI is InChI=1S/C11H5F5O3S/c12-9-4-1-6-5-7(2-3-8(6)10(9)13)20(17,18)19-11(14,15)16/h1-5H. The van der Waals surface area contributed by atoms with E-state index in [4.69, 9.17) is 0 Å².